The number of amides is 2. The van der Waals surface area contributed by atoms with Crippen molar-refractivity contribution in [2.75, 3.05) is 19.8 Å². The van der Waals surface area contributed by atoms with Crippen LogP contribution >= 0.6 is 0 Å². The minimum absolute atomic E-state index is 0.0352. The summed E-state index contributed by atoms with van der Waals surface area (Å²) in [6.07, 6.45) is 3.79. The molecule has 9 nitrogen and oxygen atoms in total. The highest BCUT2D eigenvalue weighted by atomic mass is 16.5. The third kappa shape index (κ3) is 4.20. The summed E-state index contributed by atoms with van der Waals surface area (Å²) in [6.45, 7) is 1.48. The van der Waals surface area contributed by atoms with Crippen LogP contribution in [0.1, 0.15) is 44.1 Å². The van der Waals surface area contributed by atoms with Crippen LogP contribution in [0.25, 0.3) is 0 Å². The number of carbonyl (C=O) groups is 5. The second kappa shape index (κ2) is 10.1. The van der Waals surface area contributed by atoms with Crippen LogP contribution in [-0.4, -0.2) is 64.2 Å². The Morgan fingerprint density at radius 2 is 1.87 bits per heavy atom. The number of imide groups is 1. The quantitative estimate of drug-likeness (QED) is 0.303. The predicted octanol–water partition coefficient (Wildman–Crippen LogP) is 2.35. The zero-order valence-electron chi connectivity index (χ0n) is 21.0. The molecule has 38 heavy (non-hydrogen) atoms. The van der Waals surface area contributed by atoms with Crippen LogP contribution in [-0.2, 0) is 24.0 Å². The highest BCUT2D eigenvalue weighted by Gasteiger charge is 2.56. The minimum atomic E-state index is -0.994. The Balaban J connectivity index is 1.59. The number of aliphatic hydroxyl groups is 1. The number of benzene rings is 1. The van der Waals surface area contributed by atoms with Crippen LogP contribution in [0.3, 0.4) is 0 Å². The first-order valence-electron chi connectivity index (χ1n) is 12.8. The molecular formula is C29H29NO8. The number of aliphatic carboxylic acids is 1. The summed E-state index contributed by atoms with van der Waals surface area (Å²) in [4.78, 5) is 65.7. The molecule has 2 amide bonds. The van der Waals surface area contributed by atoms with E-state index in [1.54, 1.807) is 19.1 Å². The van der Waals surface area contributed by atoms with Crippen molar-refractivity contribution in [2.24, 2.45) is 17.8 Å². The molecule has 0 unspecified atom stereocenters. The molecule has 9 heteroatoms. The minimum Gasteiger partial charge on any atom is -0.491 e. The average molecular weight is 520 g/mol. The highest BCUT2D eigenvalue weighted by molar-refractivity contribution is 6.23. The Morgan fingerprint density at radius 1 is 1.11 bits per heavy atom. The van der Waals surface area contributed by atoms with E-state index in [-0.39, 0.29) is 62.4 Å². The van der Waals surface area contributed by atoms with Crippen molar-refractivity contribution < 1.29 is 38.9 Å². The van der Waals surface area contributed by atoms with Gasteiger partial charge in [-0.2, -0.15) is 0 Å². The number of hydrogen-bond acceptors (Lipinski definition) is 7. The molecule has 2 N–H and O–H groups in total. The molecule has 4 atom stereocenters. The maximum absolute atomic E-state index is 13.6. The lowest BCUT2D eigenvalue weighted by Gasteiger charge is -2.42. The van der Waals surface area contributed by atoms with Gasteiger partial charge in [0.05, 0.1) is 18.4 Å². The molecular weight excluding hydrogens is 490 g/mol. The molecule has 1 saturated heterocycles. The number of aliphatic hydroxyl groups excluding tert-OH is 1. The Hall–Kier alpha value is -3.85. The van der Waals surface area contributed by atoms with E-state index in [0.29, 0.717) is 34.5 Å². The molecule has 0 aromatic heterocycles. The maximum atomic E-state index is 13.6. The Kier molecular flexibility index (Phi) is 6.88. The number of hydrogen-bond donors (Lipinski definition) is 2. The maximum Gasteiger partial charge on any atom is 0.303 e. The van der Waals surface area contributed by atoms with Crippen molar-refractivity contribution in [1.82, 2.24) is 4.90 Å². The van der Waals surface area contributed by atoms with Gasteiger partial charge in [0.15, 0.2) is 11.6 Å². The van der Waals surface area contributed by atoms with Crippen molar-refractivity contribution in [3.8, 4) is 5.75 Å². The van der Waals surface area contributed by atoms with Crippen LogP contribution in [0.15, 0.2) is 58.7 Å². The molecule has 1 heterocycles. The van der Waals surface area contributed by atoms with E-state index in [9.17, 15) is 29.1 Å². The first kappa shape index (κ1) is 25.8. The summed E-state index contributed by atoms with van der Waals surface area (Å²) in [5, 5.41) is 18.3. The van der Waals surface area contributed by atoms with Gasteiger partial charge in [0.2, 0.25) is 11.8 Å². The standard InChI is InChI=1S/C29H29NO8/c1-15-13-21(32)26-20(27(15)35)14-19-16(24(26)17-5-2-3-6-22(17)38-12-11-31)8-9-18-25(19)29(37)30(28(18)36)10-4-7-23(33)34/h2-3,5-6,8,13,18-19,24-25,31H,4,7,9-12,14H2,1H3,(H,33,34)/t18-,19+,24+,25-/m0/s1. The summed E-state index contributed by atoms with van der Waals surface area (Å²) in [5.41, 5.74) is 2.54. The first-order chi connectivity index (χ1) is 18.2. The SMILES string of the molecule is CC1=CC(=O)C2=C(C[C@@H]3C(=CC[C@@H]4C(=O)N(CCCC(=O)O)C(=O)[C@@H]43)[C@@H]2c2ccccc2OCCO)C1=O. The molecule has 1 aromatic rings. The van der Waals surface area contributed by atoms with Gasteiger partial charge in [0.25, 0.3) is 0 Å². The second-order valence-electron chi connectivity index (χ2n) is 10.2. The molecule has 1 fully saturated rings. The van der Waals surface area contributed by atoms with Gasteiger partial charge in [-0.1, -0.05) is 29.8 Å². The normalized spacial score (nSPS) is 26.5. The van der Waals surface area contributed by atoms with Crippen LogP contribution < -0.4 is 4.74 Å². The zero-order valence-corrected chi connectivity index (χ0v) is 21.0. The molecule has 0 radical (unpaired) electrons. The van der Waals surface area contributed by atoms with Crippen molar-refractivity contribution >= 4 is 29.4 Å². The number of fused-ring (bicyclic) bond motifs is 3. The number of carboxylic acids is 1. The number of nitrogens with zero attached hydrogens (tertiary/aromatic N) is 1. The predicted molar refractivity (Wildman–Crippen MR) is 134 cm³/mol. The van der Waals surface area contributed by atoms with Gasteiger partial charge in [-0.15, -0.1) is 0 Å². The highest BCUT2D eigenvalue weighted by Crippen LogP contribution is 2.56. The van der Waals surface area contributed by atoms with Gasteiger partial charge < -0.3 is 14.9 Å². The Labute approximate surface area is 219 Å². The summed E-state index contributed by atoms with van der Waals surface area (Å²) >= 11 is 0. The van der Waals surface area contributed by atoms with E-state index >= 15 is 0 Å². The molecule has 3 aliphatic carbocycles. The summed E-state index contributed by atoms with van der Waals surface area (Å²) < 4.78 is 5.80. The van der Waals surface area contributed by atoms with E-state index in [0.717, 1.165) is 5.57 Å². The molecule has 0 spiro atoms. The number of rotatable bonds is 8. The molecule has 0 bridgehead atoms. The number of ether oxygens (including phenoxy) is 1. The van der Waals surface area contributed by atoms with Gasteiger partial charge in [-0.3, -0.25) is 28.9 Å². The Morgan fingerprint density at radius 3 is 2.61 bits per heavy atom. The summed E-state index contributed by atoms with van der Waals surface area (Å²) in [6, 6.07) is 7.15. The van der Waals surface area contributed by atoms with E-state index in [4.69, 9.17) is 9.84 Å². The summed E-state index contributed by atoms with van der Waals surface area (Å²) in [5.74, 6) is -4.07. The van der Waals surface area contributed by atoms with E-state index in [1.807, 2.05) is 18.2 Å². The number of ketones is 2. The van der Waals surface area contributed by atoms with Crippen LogP contribution in [0.5, 0.6) is 5.75 Å². The van der Waals surface area contributed by atoms with Crippen molar-refractivity contribution in [3.63, 3.8) is 0 Å². The lowest BCUT2D eigenvalue weighted by atomic mass is 9.59. The van der Waals surface area contributed by atoms with Crippen LogP contribution in [0.4, 0.5) is 0 Å². The molecule has 1 aromatic carbocycles. The average Bonchev–Trinajstić information content (AvgIpc) is 3.14. The first-order valence-corrected chi connectivity index (χ1v) is 12.8. The lowest BCUT2D eigenvalue weighted by Crippen LogP contribution is -2.40. The molecule has 1 aliphatic heterocycles. The Bertz CT molecular complexity index is 1340. The number of Topliss-reactive ketones (excluding diaryl/α,β-unsaturated/α-hetero) is 1. The van der Waals surface area contributed by atoms with E-state index < -0.39 is 29.6 Å². The van der Waals surface area contributed by atoms with Gasteiger partial charge in [0, 0.05) is 41.2 Å². The molecule has 0 saturated carbocycles. The van der Waals surface area contributed by atoms with Crippen molar-refractivity contribution in [1.29, 1.82) is 0 Å². The van der Waals surface area contributed by atoms with Gasteiger partial charge in [-0.25, -0.2) is 0 Å². The molecule has 198 valence electrons. The van der Waals surface area contributed by atoms with Crippen molar-refractivity contribution in [3.05, 3.63) is 64.3 Å². The monoisotopic (exact) mass is 519 g/mol. The lowest BCUT2D eigenvalue weighted by molar-refractivity contribution is -0.142. The number of carboxylic acid groups (broad SMARTS) is 1. The third-order valence-corrected chi connectivity index (χ3v) is 8.00. The molecule has 5 rings (SSSR count). The second-order valence-corrected chi connectivity index (χ2v) is 10.2. The fourth-order valence-electron chi connectivity index (χ4n) is 6.42. The van der Waals surface area contributed by atoms with Crippen LogP contribution in [0.2, 0.25) is 0 Å². The number of para-hydroxylation sites is 1. The third-order valence-electron chi connectivity index (χ3n) is 8.00. The smallest absolute Gasteiger partial charge is 0.303 e. The van der Waals surface area contributed by atoms with Gasteiger partial charge >= 0.3 is 5.97 Å². The number of carbonyl (C=O) groups excluding carboxylic acids is 4. The zero-order chi connectivity index (χ0) is 27.1. The summed E-state index contributed by atoms with van der Waals surface area (Å²) in [7, 11) is 0. The van der Waals surface area contributed by atoms with Crippen LogP contribution in [0, 0.1) is 17.8 Å². The molecule has 4 aliphatic rings. The van der Waals surface area contributed by atoms with E-state index in [2.05, 4.69) is 0 Å². The number of likely N-dealkylation sites (tertiary alicyclic amines) is 1. The van der Waals surface area contributed by atoms with Crippen molar-refractivity contribution in [2.45, 2.75) is 38.5 Å². The van der Waals surface area contributed by atoms with Gasteiger partial charge in [-0.05, 0) is 44.2 Å². The topological polar surface area (TPSA) is 138 Å². The fraction of sp³-hybridized carbons (Fsp3) is 0.414. The van der Waals surface area contributed by atoms with Gasteiger partial charge in [0.1, 0.15) is 12.4 Å². The van der Waals surface area contributed by atoms with E-state index in [1.165, 1.54) is 11.0 Å². The fourth-order valence-corrected chi connectivity index (χ4v) is 6.42. The largest absolute Gasteiger partial charge is 0.491 e. The number of allylic oxidation sites excluding steroid dienone is 6.